The van der Waals surface area contributed by atoms with Gasteiger partial charge < -0.3 is 10.1 Å². The second-order valence-electron chi connectivity index (χ2n) is 8.59. The molecule has 0 unspecified atom stereocenters. The van der Waals surface area contributed by atoms with Gasteiger partial charge in [0.25, 0.3) is 5.91 Å². The first-order valence-corrected chi connectivity index (χ1v) is 12.4. The Bertz CT molecular complexity index is 882. The van der Waals surface area contributed by atoms with E-state index in [0.29, 0.717) is 18.8 Å². The van der Waals surface area contributed by atoms with Crippen LogP contribution in [0.3, 0.4) is 0 Å². The van der Waals surface area contributed by atoms with Crippen molar-refractivity contribution in [1.82, 2.24) is 9.62 Å². The summed E-state index contributed by atoms with van der Waals surface area (Å²) >= 11 is 0. The number of nitrogens with one attached hydrogen (secondary N) is 1. The van der Waals surface area contributed by atoms with E-state index in [0.717, 1.165) is 31.4 Å². The summed E-state index contributed by atoms with van der Waals surface area (Å²) in [5, 5.41) is 3.00. The van der Waals surface area contributed by atoms with Crippen LogP contribution in [0, 0.1) is 17.7 Å². The summed E-state index contributed by atoms with van der Waals surface area (Å²) in [6.45, 7) is 4.02. The lowest BCUT2D eigenvalue weighted by Crippen LogP contribution is -2.47. The van der Waals surface area contributed by atoms with Crippen LogP contribution in [0.1, 0.15) is 52.4 Å². The SMILES string of the molecule is C[C@@H](OC(=O)C1CCN(S(=O)(=O)c2ccc(F)cc2)CC1)C(=O)N[C@H]1CCCC[C@@H]1C. The molecule has 1 aromatic carbocycles. The van der Waals surface area contributed by atoms with Crippen molar-refractivity contribution in [3.63, 3.8) is 0 Å². The van der Waals surface area contributed by atoms with Gasteiger partial charge in [-0.25, -0.2) is 12.8 Å². The average Bonchev–Trinajstić information content (AvgIpc) is 2.75. The Morgan fingerprint density at radius 1 is 1.10 bits per heavy atom. The summed E-state index contributed by atoms with van der Waals surface area (Å²) in [5.41, 5.74) is 0. The molecule has 1 aliphatic heterocycles. The molecule has 2 aliphatic rings. The quantitative estimate of drug-likeness (QED) is 0.668. The van der Waals surface area contributed by atoms with Crippen molar-refractivity contribution in [3.05, 3.63) is 30.1 Å². The van der Waals surface area contributed by atoms with Gasteiger partial charge in [-0.1, -0.05) is 19.8 Å². The van der Waals surface area contributed by atoms with E-state index < -0.39 is 33.8 Å². The third kappa shape index (κ3) is 5.83. The second kappa shape index (κ2) is 10.1. The molecule has 1 saturated heterocycles. The molecule has 0 radical (unpaired) electrons. The van der Waals surface area contributed by atoms with Gasteiger partial charge in [0.1, 0.15) is 5.82 Å². The first kappa shape index (κ1) is 23.7. The maximum atomic E-state index is 13.1. The van der Waals surface area contributed by atoms with E-state index in [1.54, 1.807) is 6.92 Å². The maximum absolute atomic E-state index is 13.1. The number of benzene rings is 1. The van der Waals surface area contributed by atoms with Crippen molar-refractivity contribution < 1.29 is 27.1 Å². The van der Waals surface area contributed by atoms with Crippen LogP contribution in [0.15, 0.2) is 29.2 Å². The molecule has 3 atom stereocenters. The minimum Gasteiger partial charge on any atom is -0.452 e. The zero-order valence-electron chi connectivity index (χ0n) is 18.1. The number of carbonyl (C=O) groups excluding carboxylic acids is 2. The molecule has 0 bridgehead atoms. The van der Waals surface area contributed by atoms with Crippen molar-refractivity contribution in [3.8, 4) is 0 Å². The Hall–Kier alpha value is -2.00. The largest absolute Gasteiger partial charge is 0.452 e. The maximum Gasteiger partial charge on any atom is 0.309 e. The summed E-state index contributed by atoms with van der Waals surface area (Å²) < 4.78 is 45.1. The number of esters is 1. The Kier molecular flexibility index (Phi) is 7.69. The fraction of sp³-hybridized carbons (Fsp3) is 0.636. The van der Waals surface area contributed by atoms with Gasteiger partial charge in [-0.2, -0.15) is 4.31 Å². The third-order valence-corrected chi connectivity index (χ3v) is 8.25. The lowest BCUT2D eigenvalue weighted by Gasteiger charge is -2.32. The fourth-order valence-corrected chi connectivity index (χ4v) is 5.71. The molecule has 31 heavy (non-hydrogen) atoms. The van der Waals surface area contributed by atoms with Crippen LogP contribution in [0.2, 0.25) is 0 Å². The normalized spacial score (nSPS) is 24.4. The third-order valence-electron chi connectivity index (χ3n) is 6.34. The average molecular weight is 455 g/mol. The van der Waals surface area contributed by atoms with Gasteiger partial charge >= 0.3 is 5.97 Å². The van der Waals surface area contributed by atoms with Crippen molar-refractivity contribution in [2.24, 2.45) is 11.8 Å². The highest BCUT2D eigenvalue weighted by Gasteiger charge is 2.34. The fourth-order valence-electron chi connectivity index (χ4n) is 4.24. The van der Waals surface area contributed by atoms with E-state index in [1.165, 1.54) is 22.9 Å². The highest BCUT2D eigenvalue weighted by Crippen LogP contribution is 2.26. The molecule has 172 valence electrons. The monoisotopic (exact) mass is 454 g/mol. The highest BCUT2D eigenvalue weighted by atomic mass is 32.2. The number of piperidine rings is 1. The number of nitrogens with zero attached hydrogens (tertiary/aromatic N) is 1. The number of ether oxygens (including phenoxy) is 1. The first-order chi connectivity index (χ1) is 14.7. The first-order valence-electron chi connectivity index (χ1n) is 10.9. The van der Waals surface area contributed by atoms with Crippen molar-refractivity contribution in [1.29, 1.82) is 0 Å². The molecule has 1 aliphatic carbocycles. The zero-order valence-corrected chi connectivity index (χ0v) is 18.9. The van der Waals surface area contributed by atoms with Crippen LogP contribution in [0.25, 0.3) is 0 Å². The number of carbonyl (C=O) groups is 2. The molecule has 7 nitrogen and oxygen atoms in total. The van der Waals surface area contributed by atoms with Crippen molar-refractivity contribution in [2.75, 3.05) is 13.1 Å². The van der Waals surface area contributed by atoms with Crippen LogP contribution >= 0.6 is 0 Å². The van der Waals surface area contributed by atoms with Gasteiger partial charge in [-0.15, -0.1) is 0 Å². The van der Waals surface area contributed by atoms with Gasteiger partial charge in [-0.3, -0.25) is 9.59 Å². The second-order valence-corrected chi connectivity index (χ2v) is 10.5. The Balaban J connectivity index is 1.49. The highest BCUT2D eigenvalue weighted by molar-refractivity contribution is 7.89. The molecule has 9 heteroatoms. The van der Waals surface area contributed by atoms with Crippen LogP contribution in [-0.4, -0.2) is 49.8 Å². The number of sulfonamides is 1. The molecular weight excluding hydrogens is 423 g/mol. The van der Waals surface area contributed by atoms with E-state index in [-0.39, 0.29) is 29.9 Å². The predicted octanol–water partition coefficient (Wildman–Crippen LogP) is 2.85. The number of hydrogen-bond acceptors (Lipinski definition) is 5. The molecule has 0 aromatic heterocycles. The molecule has 2 fully saturated rings. The van der Waals surface area contributed by atoms with Gasteiger partial charge in [0.05, 0.1) is 10.8 Å². The van der Waals surface area contributed by atoms with Gasteiger partial charge in [0.2, 0.25) is 10.0 Å². The lowest BCUT2D eigenvalue weighted by molar-refractivity contribution is -0.160. The predicted molar refractivity (Wildman–Crippen MR) is 113 cm³/mol. The van der Waals surface area contributed by atoms with Gasteiger partial charge in [-0.05, 0) is 62.8 Å². The Morgan fingerprint density at radius 3 is 2.32 bits per heavy atom. The Labute approximate surface area is 183 Å². The number of hydrogen-bond donors (Lipinski definition) is 1. The minimum absolute atomic E-state index is 0.0251. The summed E-state index contributed by atoms with van der Waals surface area (Å²) in [7, 11) is -3.74. The minimum atomic E-state index is -3.74. The molecular formula is C22H31FN2O5S. The van der Waals surface area contributed by atoms with E-state index in [1.807, 2.05) is 0 Å². The topological polar surface area (TPSA) is 92.8 Å². The number of halogens is 1. The van der Waals surface area contributed by atoms with E-state index in [4.69, 9.17) is 4.74 Å². The molecule has 1 aromatic rings. The standard InChI is InChI=1S/C22H31FN2O5S/c1-15-5-3-4-6-20(15)24-21(26)16(2)30-22(27)17-11-13-25(14-12-17)31(28,29)19-9-7-18(23)8-10-19/h7-10,15-17,20H,3-6,11-14H2,1-2H3,(H,24,26)/t15-,16+,20-/m0/s1. The molecule has 1 saturated carbocycles. The summed E-state index contributed by atoms with van der Waals surface area (Å²) in [5.74, 6) is -1.31. The van der Waals surface area contributed by atoms with Gasteiger partial charge in [0.15, 0.2) is 6.10 Å². The van der Waals surface area contributed by atoms with E-state index >= 15 is 0 Å². The zero-order chi connectivity index (χ0) is 22.6. The summed E-state index contributed by atoms with van der Waals surface area (Å²) in [6, 6.07) is 4.80. The van der Waals surface area contributed by atoms with Crippen LogP contribution in [-0.2, 0) is 24.3 Å². The van der Waals surface area contributed by atoms with Crippen LogP contribution in [0.5, 0.6) is 0 Å². The summed E-state index contributed by atoms with van der Waals surface area (Å²) in [6.07, 6.45) is 4.02. The Morgan fingerprint density at radius 2 is 1.71 bits per heavy atom. The molecule has 1 amide bonds. The van der Waals surface area contributed by atoms with Crippen molar-refractivity contribution >= 4 is 21.9 Å². The number of rotatable bonds is 6. The molecule has 1 N–H and O–H groups in total. The summed E-state index contributed by atoms with van der Waals surface area (Å²) in [4.78, 5) is 25.0. The molecule has 3 rings (SSSR count). The van der Waals surface area contributed by atoms with Gasteiger partial charge in [0, 0.05) is 19.1 Å². The number of amides is 1. The molecule has 0 spiro atoms. The molecule has 1 heterocycles. The van der Waals surface area contributed by atoms with Crippen molar-refractivity contribution in [2.45, 2.75) is 69.4 Å². The van der Waals surface area contributed by atoms with Crippen LogP contribution < -0.4 is 5.32 Å². The lowest BCUT2D eigenvalue weighted by atomic mass is 9.86. The van der Waals surface area contributed by atoms with E-state index in [2.05, 4.69) is 12.2 Å². The van der Waals surface area contributed by atoms with E-state index in [9.17, 15) is 22.4 Å². The van der Waals surface area contributed by atoms with Crippen LogP contribution in [0.4, 0.5) is 4.39 Å². The smallest absolute Gasteiger partial charge is 0.309 e.